The molecule has 1 aliphatic rings. The highest BCUT2D eigenvalue weighted by Gasteiger charge is 2.28. The van der Waals surface area contributed by atoms with Crippen LogP contribution in [0.4, 0.5) is 11.4 Å². The number of benzene rings is 1. The molecule has 0 saturated carbocycles. The first-order chi connectivity index (χ1) is 10.7. The van der Waals surface area contributed by atoms with Crippen molar-refractivity contribution in [3.05, 3.63) is 33.9 Å². The van der Waals surface area contributed by atoms with Gasteiger partial charge < -0.3 is 10.0 Å². The van der Waals surface area contributed by atoms with Gasteiger partial charge in [0.15, 0.2) is 0 Å². The predicted octanol–water partition coefficient (Wildman–Crippen LogP) is 1.75. The van der Waals surface area contributed by atoms with E-state index in [-0.39, 0.29) is 11.7 Å². The molecule has 1 aromatic carbocycles. The van der Waals surface area contributed by atoms with Gasteiger partial charge in [0.05, 0.1) is 21.8 Å². The van der Waals surface area contributed by atoms with Crippen LogP contribution in [0.1, 0.15) is 26.3 Å². The molecule has 1 aromatic rings. The number of rotatable bonds is 4. The van der Waals surface area contributed by atoms with Gasteiger partial charge in [-0.3, -0.25) is 15.0 Å². The Morgan fingerprint density at radius 2 is 2.17 bits per heavy atom. The molecule has 0 aromatic heterocycles. The van der Waals surface area contributed by atoms with Gasteiger partial charge in [0, 0.05) is 44.4 Å². The Kier molecular flexibility index (Phi) is 4.88. The van der Waals surface area contributed by atoms with Crippen LogP contribution in [0.5, 0.6) is 0 Å². The van der Waals surface area contributed by atoms with E-state index in [0.29, 0.717) is 18.7 Å². The molecule has 0 radical (unpaired) electrons. The van der Waals surface area contributed by atoms with Crippen molar-refractivity contribution < 1.29 is 10.0 Å². The number of nitrogens with zero attached hydrogens (tertiary/aromatic N) is 4. The van der Waals surface area contributed by atoms with Crippen LogP contribution in [0.15, 0.2) is 18.2 Å². The molecular formula is C16H22N4O3. The Bertz CT molecular complexity index is 633. The highest BCUT2D eigenvalue weighted by molar-refractivity contribution is 5.63. The Morgan fingerprint density at radius 3 is 2.70 bits per heavy atom. The third kappa shape index (κ3) is 4.18. The molecule has 0 amide bonds. The quantitative estimate of drug-likeness (QED) is 0.671. The summed E-state index contributed by atoms with van der Waals surface area (Å²) >= 11 is 0. The van der Waals surface area contributed by atoms with Gasteiger partial charge in [-0.25, -0.2) is 0 Å². The third-order valence-electron chi connectivity index (χ3n) is 3.94. The van der Waals surface area contributed by atoms with E-state index >= 15 is 0 Å². The summed E-state index contributed by atoms with van der Waals surface area (Å²) in [6.07, 6.45) is 0. The average Bonchev–Trinajstić information content (AvgIpc) is 2.45. The molecule has 0 aliphatic carbocycles. The molecule has 1 heterocycles. The number of nitro groups is 1. The monoisotopic (exact) mass is 318 g/mol. The van der Waals surface area contributed by atoms with E-state index < -0.39 is 10.5 Å². The molecule has 1 N–H and O–H groups in total. The molecule has 1 unspecified atom stereocenters. The van der Waals surface area contributed by atoms with Crippen LogP contribution >= 0.6 is 0 Å². The second kappa shape index (κ2) is 6.52. The van der Waals surface area contributed by atoms with Gasteiger partial charge in [-0.2, -0.15) is 5.26 Å². The van der Waals surface area contributed by atoms with E-state index in [4.69, 9.17) is 0 Å². The van der Waals surface area contributed by atoms with Crippen LogP contribution in [0.25, 0.3) is 0 Å². The number of hydrogen-bond acceptors (Lipinski definition) is 6. The fourth-order valence-electron chi connectivity index (χ4n) is 3.06. The lowest BCUT2D eigenvalue weighted by Gasteiger charge is -2.43. The van der Waals surface area contributed by atoms with Crippen LogP contribution in [0.3, 0.4) is 0 Å². The van der Waals surface area contributed by atoms with Crippen molar-refractivity contribution in [3.63, 3.8) is 0 Å². The second-order valence-electron chi connectivity index (χ2n) is 6.66. The molecular weight excluding hydrogens is 296 g/mol. The van der Waals surface area contributed by atoms with Gasteiger partial charge >= 0.3 is 0 Å². The summed E-state index contributed by atoms with van der Waals surface area (Å²) in [7, 11) is 0. The van der Waals surface area contributed by atoms with E-state index in [1.165, 1.54) is 12.1 Å². The maximum absolute atomic E-state index is 10.8. The summed E-state index contributed by atoms with van der Waals surface area (Å²) < 4.78 is 0. The first-order valence-electron chi connectivity index (χ1n) is 7.61. The Hall–Kier alpha value is -2.17. The smallest absolute Gasteiger partial charge is 0.270 e. The van der Waals surface area contributed by atoms with Crippen molar-refractivity contribution >= 4 is 11.4 Å². The lowest BCUT2D eigenvalue weighted by molar-refractivity contribution is -0.384. The highest BCUT2D eigenvalue weighted by Crippen LogP contribution is 2.28. The lowest BCUT2D eigenvalue weighted by Crippen LogP contribution is -2.55. The first kappa shape index (κ1) is 17.2. The minimum atomic E-state index is -0.743. The summed E-state index contributed by atoms with van der Waals surface area (Å²) in [6, 6.07) is 6.62. The number of non-ortho nitro benzene ring substituents is 1. The minimum Gasteiger partial charge on any atom is -0.389 e. The van der Waals surface area contributed by atoms with Crippen molar-refractivity contribution in [2.45, 2.75) is 32.4 Å². The van der Waals surface area contributed by atoms with Gasteiger partial charge in [0.25, 0.3) is 5.69 Å². The largest absolute Gasteiger partial charge is 0.389 e. The van der Waals surface area contributed by atoms with Gasteiger partial charge in [-0.15, -0.1) is 0 Å². The zero-order valence-electron chi connectivity index (χ0n) is 13.7. The van der Waals surface area contributed by atoms with Crippen molar-refractivity contribution in [1.29, 1.82) is 5.26 Å². The standard InChI is InChI=1S/C16H22N4O3/c1-12-10-18(11-16(2,3)21)6-7-19(12)15-5-4-14(20(22)23)8-13(15)9-17/h4-5,8,12,21H,6-7,10-11H2,1-3H3. The van der Waals surface area contributed by atoms with E-state index in [1.807, 2.05) is 0 Å². The summed E-state index contributed by atoms with van der Waals surface area (Å²) in [4.78, 5) is 14.7. The number of piperazine rings is 1. The fraction of sp³-hybridized carbons (Fsp3) is 0.562. The number of hydrogen-bond donors (Lipinski definition) is 1. The summed E-state index contributed by atoms with van der Waals surface area (Å²) in [6.45, 7) is 8.48. The number of nitriles is 1. The molecule has 1 atom stereocenters. The van der Waals surface area contributed by atoms with Crippen molar-refractivity contribution in [1.82, 2.24) is 4.90 Å². The molecule has 2 rings (SSSR count). The van der Waals surface area contributed by atoms with Crippen LogP contribution < -0.4 is 4.90 Å². The number of nitro benzene ring substituents is 1. The average molecular weight is 318 g/mol. The lowest BCUT2D eigenvalue weighted by atomic mass is 10.1. The van der Waals surface area contributed by atoms with Crippen LogP contribution in [0, 0.1) is 21.4 Å². The minimum absolute atomic E-state index is 0.0707. The molecule has 0 bridgehead atoms. The molecule has 23 heavy (non-hydrogen) atoms. The number of anilines is 1. The zero-order valence-corrected chi connectivity index (χ0v) is 13.7. The normalized spacial score (nSPS) is 19.4. The van der Waals surface area contributed by atoms with Crippen molar-refractivity contribution in [2.24, 2.45) is 0 Å². The van der Waals surface area contributed by atoms with Crippen molar-refractivity contribution in [3.8, 4) is 6.07 Å². The summed E-state index contributed by atoms with van der Waals surface area (Å²) in [5.74, 6) is 0. The van der Waals surface area contributed by atoms with E-state index in [0.717, 1.165) is 18.8 Å². The fourth-order valence-corrected chi connectivity index (χ4v) is 3.06. The highest BCUT2D eigenvalue weighted by atomic mass is 16.6. The van der Waals surface area contributed by atoms with E-state index in [1.54, 1.807) is 19.9 Å². The first-order valence-corrected chi connectivity index (χ1v) is 7.61. The van der Waals surface area contributed by atoms with Gasteiger partial charge in [0.2, 0.25) is 0 Å². The van der Waals surface area contributed by atoms with Crippen LogP contribution in [-0.4, -0.2) is 52.8 Å². The molecule has 1 aliphatic heterocycles. The van der Waals surface area contributed by atoms with E-state index in [2.05, 4.69) is 22.8 Å². The maximum atomic E-state index is 10.8. The van der Waals surface area contributed by atoms with Crippen LogP contribution in [-0.2, 0) is 0 Å². The number of β-amino-alcohol motifs (C(OH)–C–C–N with tert-alkyl or cyclic N) is 1. The zero-order chi connectivity index (χ0) is 17.2. The summed E-state index contributed by atoms with van der Waals surface area (Å²) in [5.41, 5.74) is 0.238. The molecule has 1 saturated heterocycles. The summed E-state index contributed by atoms with van der Waals surface area (Å²) in [5, 5.41) is 30.1. The van der Waals surface area contributed by atoms with Gasteiger partial charge in [-0.1, -0.05) is 0 Å². The molecule has 7 heteroatoms. The SMILES string of the molecule is CC1CN(CC(C)(C)O)CCN1c1ccc([N+](=O)[O-])cc1C#N. The van der Waals surface area contributed by atoms with Crippen molar-refractivity contribution in [2.75, 3.05) is 31.1 Å². The Labute approximate surface area is 135 Å². The third-order valence-corrected chi connectivity index (χ3v) is 3.94. The van der Waals surface area contributed by atoms with Gasteiger partial charge in [0.1, 0.15) is 6.07 Å². The molecule has 124 valence electrons. The predicted molar refractivity (Wildman–Crippen MR) is 87.4 cm³/mol. The Morgan fingerprint density at radius 1 is 1.48 bits per heavy atom. The molecule has 7 nitrogen and oxygen atoms in total. The molecule has 0 spiro atoms. The second-order valence-corrected chi connectivity index (χ2v) is 6.66. The van der Waals surface area contributed by atoms with E-state index in [9.17, 15) is 20.5 Å². The maximum Gasteiger partial charge on any atom is 0.270 e. The van der Waals surface area contributed by atoms with Crippen LogP contribution in [0.2, 0.25) is 0 Å². The van der Waals surface area contributed by atoms with Gasteiger partial charge in [-0.05, 0) is 26.8 Å². The Balaban J connectivity index is 2.18. The number of aliphatic hydroxyl groups is 1. The topological polar surface area (TPSA) is 93.6 Å². The molecule has 1 fully saturated rings.